The highest BCUT2D eigenvalue weighted by Crippen LogP contribution is 2.38. The number of carbonyl (C=O) groups is 2. The predicted molar refractivity (Wildman–Crippen MR) is 159 cm³/mol. The zero-order valence-corrected chi connectivity index (χ0v) is 24.5. The van der Waals surface area contributed by atoms with Crippen molar-refractivity contribution in [1.82, 2.24) is 9.97 Å². The van der Waals surface area contributed by atoms with E-state index >= 15 is 0 Å². The highest BCUT2D eigenvalue weighted by molar-refractivity contribution is 5.90. The Bertz CT molecular complexity index is 1270. The smallest absolute Gasteiger partial charge is 0.355 e. The molecule has 2 heterocycles. The molecule has 1 atom stereocenters. The first-order valence-electron chi connectivity index (χ1n) is 15.3. The fourth-order valence-corrected chi connectivity index (χ4v) is 6.40. The average molecular weight is 547 g/mol. The van der Waals surface area contributed by atoms with Crippen LogP contribution in [0.2, 0.25) is 0 Å². The molecular formula is C34H46N2O4. The zero-order valence-electron chi connectivity index (χ0n) is 24.5. The van der Waals surface area contributed by atoms with E-state index in [1.54, 1.807) is 0 Å². The standard InChI is InChI=1S/C34H46N2O4/c1-4-26-23(2)29(33(37)38)35-31(26)28-21-17-12-10-8-6-5-7-9-11-16-20-27-24(3)30(36-32(27)28)34(39)40-22-25-18-14-13-15-19-25/h13-15,18-19,28,35-36H,4-12,16-17,20-22H2,1-3H3,(H,37,38). The zero-order chi connectivity index (χ0) is 28.5. The number of nitrogens with one attached hydrogen (secondary N) is 2. The molecule has 0 spiro atoms. The maximum absolute atomic E-state index is 13.4. The molecular weight excluding hydrogens is 500 g/mol. The summed E-state index contributed by atoms with van der Waals surface area (Å²) in [5.74, 6) is -1.30. The molecule has 0 saturated heterocycles. The van der Waals surface area contributed by atoms with Crippen molar-refractivity contribution in [3.63, 3.8) is 0 Å². The van der Waals surface area contributed by atoms with Crippen molar-refractivity contribution in [2.24, 2.45) is 0 Å². The van der Waals surface area contributed by atoms with Crippen LogP contribution in [0.5, 0.6) is 0 Å². The Hall–Kier alpha value is -3.28. The van der Waals surface area contributed by atoms with Gasteiger partial charge in [-0.3, -0.25) is 0 Å². The molecule has 1 aliphatic rings. The third-order valence-corrected chi connectivity index (χ3v) is 8.68. The third kappa shape index (κ3) is 7.07. The Morgan fingerprint density at radius 3 is 2.05 bits per heavy atom. The van der Waals surface area contributed by atoms with Gasteiger partial charge >= 0.3 is 11.9 Å². The highest BCUT2D eigenvalue weighted by atomic mass is 16.5. The number of H-pyrrole nitrogens is 2. The van der Waals surface area contributed by atoms with Gasteiger partial charge in [0, 0.05) is 17.3 Å². The number of carboxylic acid groups (broad SMARTS) is 1. The fourth-order valence-electron chi connectivity index (χ4n) is 6.40. The number of aromatic carboxylic acids is 1. The first-order valence-corrected chi connectivity index (χ1v) is 15.3. The van der Waals surface area contributed by atoms with Gasteiger partial charge in [0.1, 0.15) is 18.0 Å². The summed E-state index contributed by atoms with van der Waals surface area (Å²) in [5.41, 5.74) is 7.82. The minimum atomic E-state index is -0.927. The van der Waals surface area contributed by atoms with Crippen LogP contribution in [0.15, 0.2) is 30.3 Å². The SMILES string of the molecule is CCc1c(C2CCCCCCCCCCCCc3c2[nH]c(C(=O)OCc2ccccc2)c3C)[nH]c(C(=O)O)c1C. The van der Waals surface area contributed by atoms with E-state index in [9.17, 15) is 14.7 Å². The summed E-state index contributed by atoms with van der Waals surface area (Å²) in [5, 5.41) is 9.90. The van der Waals surface area contributed by atoms with E-state index in [0.29, 0.717) is 5.69 Å². The summed E-state index contributed by atoms with van der Waals surface area (Å²) < 4.78 is 5.76. The van der Waals surface area contributed by atoms with Gasteiger partial charge in [0.25, 0.3) is 0 Å². The number of hydrogen-bond acceptors (Lipinski definition) is 3. The number of carboxylic acids is 1. The van der Waals surface area contributed by atoms with Crippen molar-refractivity contribution in [2.45, 2.75) is 117 Å². The van der Waals surface area contributed by atoms with Crippen LogP contribution in [0.3, 0.4) is 0 Å². The van der Waals surface area contributed by atoms with E-state index in [0.717, 1.165) is 72.2 Å². The lowest BCUT2D eigenvalue weighted by Crippen LogP contribution is -2.10. The summed E-state index contributed by atoms with van der Waals surface area (Å²) in [6.45, 7) is 6.25. The number of benzene rings is 1. The van der Waals surface area contributed by atoms with Gasteiger partial charge in [-0.05, 0) is 67.3 Å². The fraction of sp³-hybridized carbons (Fsp3) is 0.529. The number of carbonyl (C=O) groups excluding carboxylic acids is 1. The number of aromatic nitrogens is 2. The van der Waals surface area contributed by atoms with E-state index in [-0.39, 0.29) is 24.2 Å². The summed E-state index contributed by atoms with van der Waals surface area (Å²) >= 11 is 0. The third-order valence-electron chi connectivity index (χ3n) is 8.68. The molecule has 0 fully saturated rings. The molecule has 0 radical (unpaired) electrons. The second kappa shape index (κ2) is 14.4. The molecule has 6 nitrogen and oxygen atoms in total. The second-order valence-electron chi connectivity index (χ2n) is 11.4. The van der Waals surface area contributed by atoms with Crippen LogP contribution in [0, 0.1) is 13.8 Å². The van der Waals surface area contributed by atoms with Gasteiger partial charge in [-0.1, -0.05) is 95.0 Å². The molecule has 0 aliphatic heterocycles. The minimum Gasteiger partial charge on any atom is -0.477 e. The first-order chi connectivity index (χ1) is 19.4. The number of hydrogen-bond donors (Lipinski definition) is 3. The molecule has 1 aromatic carbocycles. The van der Waals surface area contributed by atoms with E-state index in [4.69, 9.17) is 4.74 Å². The van der Waals surface area contributed by atoms with Gasteiger partial charge in [-0.25, -0.2) is 9.59 Å². The van der Waals surface area contributed by atoms with Crippen molar-refractivity contribution < 1.29 is 19.4 Å². The molecule has 6 heteroatoms. The van der Waals surface area contributed by atoms with Gasteiger partial charge in [0.05, 0.1) is 0 Å². The lowest BCUT2D eigenvalue weighted by Gasteiger charge is -2.20. The molecule has 3 aromatic rings. The molecule has 3 N–H and O–H groups in total. The summed E-state index contributed by atoms with van der Waals surface area (Å²) in [6, 6.07) is 9.74. The molecule has 0 bridgehead atoms. The predicted octanol–water partition coefficient (Wildman–Crippen LogP) is 8.56. The maximum atomic E-state index is 13.4. The molecule has 0 saturated carbocycles. The quantitative estimate of drug-likeness (QED) is 0.270. The minimum absolute atomic E-state index is 0.0312. The molecule has 1 aliphatic carbocycles. The van der Waals surface area contributed by atoms with Gasteiger partial charge in [-0.2, -0.15) is 0 Å². The van der Waals surface area contributed by atoms with Crippen LogP contribution in [0.4, 0.5) is 0 Å². The number of ether oxygens (including phenoxy) is 1. The number of rotatable bonds is 6. The van der Waals surface area contributed by atoms with Gasteiger partial charge < -0.3 is 19.8 Å². The van der Waals surface area contributed by atoms with Crippen molar-refractivity contribution in [1.29, 1.82) is 0 Å². The highest BCUT2D eigenvalue weighted by Gasteiger charge is 2.30. The Morgan fingerprint density at radius 1 is 0.825 bits per heavy atom. The van der Waals surface area contributed by atoms with Crippen LogP contribution in [0.25, 0.3) is 0 Å². The number of fused-ring (bicyclic) bond motifs is 1. The maximum Gasteiger partial charge on any atom is 0.355 e. The largest absolute Gasteiger partial charge is 0.477 e. The monoisotopic (exact) mass is 546 g/mol. The van der Waals surface area contributed by atoms with Crippen LogP contribution < -0.4 is 0 Å². The Kier molecular flexibility index (Phi) is 10.7. The molecule has 40 heavy (non-hydrogen) atoms. The van der Waals surface area contributed by atoms with Crippen LogP contribution in [-0.2, 0) is 24.2 Å². The van der Waals surface area contributed by atoms with E-state index in [1.165, 1.54) is 50.5 Å². The Labute approximate surface area is 238 Å². The topological polar surface area (TPSA) is 95.2 Å². The lowest BCUT2D eigenvalue weighted by atomic mass is 9.87. The van der Waals surface area contributed by atoms with Crippen LogP contribution >= 0.6 is 0 Å². The summed E-state index contributed by atoms with van der Waals surface area (Å²) in [6.07, 6.45) is 14.7. The Balaban J connectivity index is 1.74. The molecule has 0 amide bonds. The van der Waals surface area contributed by atoms with Crippen molar-refractivity contribution in [2.75, 3.05) is 0 Å². The van der Waals surface area contributed by atoms with Crippen LogP contribution in [0.1, 0.15) is 144 Å². The summed E-state index contributed by atoms with van der Waals surface area (Å²) in [4.78, 5) is 32.3. The molecule has 216 valence electrons. The summed E-state index contributed by atoms with van der Waals surface area (Å²) in [7, 11) is 0. The van der Waals surface area contributed by atoms with Gasteiger partial charge in [0.15, 0.2) is 0 Å². The molecule has 2 aromatic heterocycles. The van der Waals surface area contributed by atoms with Crippen molar-refractivity contribution >= 4 is 11.9 Å². The second-order valence-corrected chi connectivity index (χ2v) is 11.4. The van der Waals surface area contributed by atoms with E-state index < -0.39 is 5.97 Å². The van der Waals surface area contributed by atoms with Crippen LogP contribution in [-0.4, -0.2) is 27.0 Å². The van der Waals surface area contributed by atoms with E-state index in [2.05, 4.69) is 16.9 Å². The number of aromatic amines is 2. The average Bonchev–Trinajstić information content (AvgIpc) is 3.46. The molecule has 1 unspecified atom stereocenters. The number of esters is 1. The lowest BCUT2D eigenvalue weighted by molar-refractivity contribution is 0.0465. The van der Waals surface area contributed by atoms with Gasteiger partial charge in [0.2, 0.25) is 0 Å². The van der Waals surface area contributed by atoms with E-state index in [1.807, 2.05) is 44.2 Å². The van der Waals surface area contributed by atoms with Crippen molar-refractivity contribution in [3.05, 3.63) is 80.9 Å². The van der Waals surface area contributed by atoms with Crippen molar-refractivity contribution in [3.8, 4) is 0 Å². The van der Waals surface area contributed by atoms with Gasteiger partial charge in [-0.15, -0.1) is 0 Å². The Morgan fingerprint density at radius 2 is 1.43 bits per heavy atom. The first kappa shape index (κ1) is 29.7. The normalized spacial score (nSPS) is 17.4. The molecule has 4 rings (SSSR count).